The van der Waals surface area contributed by atoms with Crippen LogP contribution >= 0.6 is 22.9 Å². The Hall–Kier alpha value is -1.01. The Bertz CT molecular complexity index is 473. The molecule has 0 spiro atoms. The first kappa shape index (κ1) is 15.0. The topological polar surface area (TPSA) is 21.3 Å². The average molecular weight is 353 g/mol. The van der Waals surface area contributed by atoms with Gasteiger partial charge in [0.2, 0.25) is 0 Å². The summed E-state index contributed by atoms with van der Waals surface area (Å²) in [5.41, 5.74) is 2.22. The molecule has 0 fully saturated rings. The van der Waals surface area contributed by atoms with Gasteiger partial charge in [-0.05, 0) is 43.4 Å². The minimum Gasteiger partial charge on any atom is -0.369 e. The molecule has 0 aliphatic rings. The Morgan fingerprint density at radius 3 is 2.61 bits per heavy atom. The van der Waals surface area contributed by atoms with Gasteiger partial charge in [0, 0.05) is 41.1 Å². The zero-order valence-corrected chi connectivity index (χ0v) is 12.7. The summed E-state index contributed by atoms with van der Waals surface area (Å²) in [5, 5.41) is 0. The van der Waals surface area contributed by atoms with Crippen LogP contribution in [0.3, 0.4) is 0 Å². The minimum absolute atomic E-state index is 0.346. The molecule has 1 aromatic carbocycles. The zero-order valence-electron chi connectivity index (χ0n) is 10.6. The van der Waals surface area contributed by atoms with Gasteiger partial charge in [-0.3, -0.25) is 3.53 Å². The summed E-state index contributed by atoms with van der Waals surface area (Å²) in [7, 11) is 0. The molecule has 1 rings (SSSR count). The first-order valence-electron chi connectivity index (χ1n) is 5.80. The van der Waals surface area contributed by atoms with E-state index in [2.05, 4.69) is 69.1 Å². The predicted octanol–water partition coefficient (Wildman–Crippen LogP) is 3.08. The maximum Gasteiger partial charge on any atom is 0.108 e. The van der Waals surface area contributed by atoms with E-state index < -0.39 is 0 Å². The van der Waals surface area contributed by atoms with E-state index in [4.69, 9.17) is 4.74 Å². The van der Waals surface area contributed by atoms with Crippen LogP contribution in [0.15, 0.2) is 24.3 Å². The highest BCUT2D eigenvalue weighted by Crippen LogP contribution is 2.13. The van der Waals surface area contributed by atoms with Crippen molar-refractivity contribution in [1.29, 1.82) is 0 Å². The minimum atomic E-state index is 0.346. The molecule has 2 nitrogen and oxygen atoms in total. The lowest BCUT2D eigenvalue weighted by Crippen LogP contribution is -2.05. The second-order valence-electron chi connectivity index (χ2n) is 3.64. The van der Waals surface area contributed by atoms with Crippen LogP contribution < -0.4 is 3.53 Å². The molecule has 0 saturated heterocycles. The largest absolute Gasteiger partial charge is 0.369 e. The Balaban J connectivity index is 2.58. The van der Waals surface area contributed by atoms with Crippen molar-refractivity contribution >= 4 is 22.9 Å². The molecule has 0 aliphatic carbocycles. The molecule has 3 heteroatoms. The van der Waals surface area contributed by atoms with Gasteiger partial charge >= 0.3 is 0 Å². The third-order valence-corrected chi connectivity index (χ3v) is 3.24. The van der Waals surface area contributed by atoms with Crippen molar-refractivity contribution < 1.29 is 4.74 Å². The van der Waals surface area contributed by atoms with Crippen LogP contribution in [0.25, 0.3) is 0 Å². The standard InChI is InChI=1S/C15H16INO/c1-3-18-12-6-4-5-7-14-8-10-15(11-9-14)13(2)17-16/h8-11,13,17H,3,12H2,1-2H3. The van der Waals surface area contributed by atoms with Crippen LogP contribution in [0.2, 0.25) is 0 Å². The molecule has 0 aliphatic heterocycles. The van der Waals surface area contributed by atoms with Crippen molar-refractivity contribution in [3.8, 4) is 23.7 Å². The van der Waals surface area contributed by atoms with E-state index in [1.54, 1.807) is 0 Å². The van der Waals surface area contributed by atoms with E-state index in [0.717, 1.165) is 5.56 Å². The summed E-state index contributed by atoms with van der Waals surface area (Å²) < 4.78 is 8.26. The number of hydrogen-bond acceptors (Lipinski definition) is 2. The van der Waals surface area contributed by atoms with Crippen LogP contribution in [-0.4, -0.2) is 13.2 Å². The van der Waals surface area contributed by atoms with Gasteiger partial charge < -0.3 is 4.74 Å². The lowest BCUT2D eigenvalue weighted by molar-refractivity contribution is 0.182. The Morgan fingerprint density at radius 1 is 1.28 bits per heavy atom. The lowest BCUT2D eigenvalue weighted by atomic mass is 10.1. The molecule has 1 atom stereocenters. The smallest absolute Gasteiger partial charge is 0.108 e. The first-order valence-corrected chi connectivity index (χ1v) is 6.88. The quantitative estimate of drug-likeness (QED) is 0.389. The summed E-state index contributed by atoms with van der Waals surface area (Å²) in [6.45, 7) is 5.20. The highest BCUT2D eigenvalue weighted by Gasteiger charge is 2.01. The molecule has 1 N–H and O–H groups in total. The summed E-state index contributed by atoms with van der Waals surface area (Å²) in [6.07, 6.45) is 0. The van der Waals surface area contributed by atoms with Crippen LogP contribution in [0.1, 0.15) is 31.0 Å². The zero-order chi connectivity index (χ0) is 13.2. The van der Waals surface area contributed by atoms with Gasteiger partial charge in [0.05, 0.1) is 0 Å². The second kappa shape index (κ2) is 8.99. The SMILES string of the molecule is CCOCC#CC#Cc1ccc(C(C)NI)cc1. The first-order chi connectivity index (χ1) is 8.77. The summed E-state index contributed by atoms with van der Waals surface area (Å²) in [5.74, 6) is 11.4. The van der Waals surface area contributed by atoms with E-state index in [-0.39, 0.29) is 0 Å². The van der Waals surface area contributed by atoms with Gasteiger partial charge in [0.25, 0.3) is 0 Å². The Morgan fingerprint density at radius 2 is 2.00 bits per heavy atom. The summed E-state index contributed by atoms with van der Waals surface area (Å²) >= 11 is 2.16. The van der Waals surface area contributed by atoms with E-state index in [1.165, 1.54) is 5.56 Å². The van der Waals surface area contributed by atoms with E-state index in [0.29, 0.717) is 19.3 Å². The highest BCUT2D eigenvalue weighted by molar-refractivity contribution is 14.1. The molecule has 0 radical (unpaired) electrons. The number of nitrogens with one attached hydrogen (secondary N) is 1. The molecule has 1 unspecified atom stereocenters. The van der Waals surface area contributed by atoms with Crippen molar-refractivity contribution in [3.63, 3.8) is 0 Å². The molecular weight excluding hydrogens is 337 g/mol. The van der Waals surface area contributed by atoms with Gasteiger partial charge in [0.15, 0.2) is 0 Å². The number of halogens is 1. The summed E-state index contributed by atoms with van der Waals surface area (Å²) in [4.78, 5) is 0. The van der Waals surface area contributed by atoms with Gasteiger partial charge in [-0.1, -0.05) is 24.0 Å². The average Bonchev–Trinajstić information content (AvgIpc) is 2.42. The normalized spacial score (nSPS) is 10.8. The molecular formula is C15H16INO. The fourth-order valence-electron chi connectivity index (χ4n) is 1.25. The molecule has 94 valence electrons. The van der Waals surface area contributed by atoms with Crippen molar-refractivity contribution in [1.82, 2.24) is 3.53 Å². The Kier molecular flexibility index (Phi) is 7.52. The van der Waals surface area contributed by atoms with E-state index in [9.17, 15) is 0 Å². The molecule has 0 bridgehead atoms. The second-order valence-corrected chi connectivity index (χ2v) is 4.26. The number of ether oxygens (including phenoxy) is 1. The van der Waals surface area contributed by atoms with Crippen molar-refractivity contribution in [3.05, 3.63) is 35.4 Å². The molecule has 0 saturated carbocycles. The third-order valence-electron chi connectivity index (χ3n) is 2.31. The molecule has 0 amide bonds. The van der Waals surface area contributed by atoms with E-state index >= 15 is 0 Å². The van der Waals surface area contributed by atoms with Gasteiger partial charge in [0.1, 0.15) is 6.61 Å². The van der Waals surface area contributed by atoms with Crippen LogP contribution in [-0.2, 0) is 4.74 Å². The van der Waals surface area contributed by atoms with Gasteiger partial charge in [-0.2, -0.15) is 0 Å². The number of rotatable bonds is 4. The highest BCUT2D eigenvalue weighted by atomic mass is 127. The lowest BCUT2D eigenvalue weighted by Gasteiger charge is -2.08. The predicted molar refractivity (Wildman–Crippen MR) is 83.2 cm³/mol. The van der Waals surface area contributed by atoms with E-state index in [1.807, 2.05) is 19.1 Å². The maximum absolute atomic E-state index is 5.09. The van der Waals surface area contributed by atoms with Gasteiger partial charge in [-0.15, -0.1) is 0 Å². The third kappa shape index (κ3) is 5.55. The van der Waals surface area contributed by atoms with Crippen molar-refractivity contribution in [2.45, 2.75) is 19.9 Å². The Labute approximate surface area is 123 Å². The van der Waals surface area contributed by atoms with Crippen LogP contribution in [0.4, 0.5) is 0 Å². The number of benzene rings is 1. The molecule has 1 aromatic rings. The molecule has 0 heterocycles. The van der Waals surface area contributed by atoms with Crippen molar-refractivity contribution in [2.24, 2.45) is 0 Å². The summed E-state index contributed by atoms with van der Waals surface area (Å²) in [6, 6.07) is 8.52. The molecule has 18 heavy (non-hydrogen) atoms. The van der Waals surface area contributed by atoms with Gasteiger partial charge in [-0.25, -0.2) is 0 Å². The maximum atomic E-state index is 5.09. The fourth-order valence-corrected chi connectivity index (χ4v) is 1.61. The fraction of sp³-hybridized carbons (Fsp3) is 0.333. The van der Waals surface area contributed by atoms with Crippen molar-refractivity contribution in [2.75, 3.05) is 13.2 Å². The van der Waals surface area contributed by atoms with Crippen LogP contribution in [0, 0.1) is 23.7 Å². The monoisotopic (exact) mass is 353 g/mol. The molecule has 0 aromatic heterocycles. The number of hydrogen-bond donors (Lipinski definition) is 1. The van der Waals surface area contributed by atoms with Crippen LogP contribution in [0.5, 0.6) is 0 Å².